The number of phenols is 1. The first-order valence-electron chi connectivity index (χ1n) is 6.27. The van der Waals surface area contributed by atoms with Gasteiger partial charge in [-0.2, -0.15) is 0 Å². The number of benzene rings is 1. The van der Waals surface area contributed by atoms with Crippen molar-refractivity contribution < 1.29 is 23.1 Å². The number of rotatable bonds is 4. The quantitative estimate of drug-likeness (QED) is 0.816. The predicted octanol–water partition coefficient (Wildman–Crippen LogP) is 1.26. The molecule has 1 saturated carbocycles. The van der Waals surface area contributed by atoms with Crippen molar-refractivity contribution in [2.75, 3.05) is 7.11 Å². The van der Waals surface area contributed by atoms with E-state index in [1.165, 1.54) is 12.1 Å². The minimum absolute atomic E-state index is 0.0600. The maximum absolute atomic E-state index is 12.2. The maximum Gasteiger partial charge on any atom is 0.341 e. The summed E-state index contributed by atoms with van der Waals surface area (Å²) in [5.41, 5.74) is -0.169. The summed E-state index contributed by atoms with van der Waals surface area (Å²) in [6, 6.07) is 3.48. The summed E-state index contributed by atoms with van der Waals surface area (Å²) in [5.74, 6) is -0.571. The van der Waals surface area contributed by atoms with Crippen LogP contribution in [0.5, 0.6) is 5.75 Å². The Morgan fingerprint density at radius 2 is 2.05 bits per heavy atom. The minimum atomic E-state index is -3.69. The molecular formula is C13H17NO5S. The van der Waals surface area contributed by atoms with Crippen molar-refractivity contribution in [1.29, 1.82) is 0 Å². The second-order valence-corrected chi connectivity index (χ2v) is 6.78. The summed E-state index contributed by atoms with van der Waals surface area (Å²) in [4.78, 5) is 11.4. The van der Waals surface area contributed by atoms with Gasteiger partial charge in [0.15, 0.2) is 0 Å². The lowest BCUT2D eigenvalue weighted by Crippen LogP contribution is -2.43. The van der Waals surface area contributed by atoms with Crippen molar-refractivity contribution in [3.05, 3.63) is 23.8 Å². The third-order valence-electron chi connectivity index (χ3n) is 3.38. The molecule has 1 aliphatic rings. The van der Waals surface area contributed by atoms with Gasteiger partial charge in [-0.1, -0.05) is 6.92 Å². The van der Waals surface area contributed by atoms with Gasteiger partial charge in [0, 0.05) is 6.04 Å². The Labute approximate surface area is 117 Å². The lowest BCUT2D eigenvalue weighted by Gasteiger charge is -2.32. The van der Waals surface area contributed by atoms with E-state index in [0.29, 0.717) is 5.92 Å². The average Bonchev–Trinajstić information content (AvgIpc) is 2.36. The van der Waals surface area contributed by atoms with Gasteiger partial charge in [0.05, 0.1) is 12.0 Å². The fraction of sp³-hybridized carbons (Fsp3) is 0.462. The number of nitrogens with one attached hydrogen (secondary N) is 1. The summed E-state index contributed by atoms with van der Waals surface area (Å²) >= 11 is 0. The van der Waals surface area contributed by atoms with Crippen LogP contribution in [0.1, 0.15) is 30.1 Å². The predicted molar refractivity (Wildman–Crippen MR) is 72.0 cm³/mol. The molecule has 0 bridgehead atoms. The van der Waals surface area contributed by atoms with E-state index in [-0.39, 0.29) is 22.3 Å². The van der Waals surface area contributed by atoms with Crippen LogP contribution < -0.4 is 4.72 Å². The van der Waals surface area contributed by atoms with E-state index < -0.39 is 16.0 Å². The molecule has 1 fully saturated rings. The first-order valence-corrected chi connectivity index (χ1v) is 7.75. The van der Waals surface area contributed by atoms with Crippen LogP contribution in [0.4, 0.5) is 0 Å². The van der Waals surface area contributed by atoms with E-state index in [2.05, 4.69) is 16.4 Å². The summed E-state index contributed by atoms with van der Waals surface area (Å²) in [6.45, 7) is 2.06. The van der Waals surface area contributed by atoms with E-state index in [1.807, 2.05) is 0 Å². The fourth-order valence-electron chi connectivity index (χ4n) is 2.24. The van der Waals surface area contributed by atoms with Crippen molar-refractivity contribution in [2.45, 2.75) is 30.7 Å². The Balaban J connectivity index is 2.25. The number of carbonyl (C=O) groups is 1. The van der Waals surface area contributed by atoms with E-state index in [9.17, 15) is 18.3 Å². The zero-order valence-corrected chi connectivity index (χ0v) is 12.1. The highest BCUT2D eigenvalue weighted by molar-refractivity contribution is 7.89. The second kappa shape index (κ2) is 5.41. The summed E-state index contributed by atoms with van der Waals surface area (Å²) < 4.78 is 31.4. The zero-order valence-electron chi connectivity index (χ0n) is 11.3. The SMILES string of the molecule is COC(=O)c1cc(S(=O)(=O)NC2CC(C)C2)ccc1O. The van der Waals surface area contributed by atoms with Gasteiger partial charge in [0.25, 0.3) is 0 Å². The van der Waals surface area contributed by atoms with E-state index in [1.54, 1.807) is 0 Å². The van der Waals surface area contributed by atoms with Crippen molar-refractivity contribution in [3.63, 3.8) is 0 Å². The molecule has 0 aliphatic heterocycles. The molecule has 2 rings (SSSR count). The molecule has 1 aromatic rings. The number of phenolic OH excluding ortho intramolecular Hbond substituents is 1. The standard InChI is InChI=1S/C13H17NO5S/c1-8-5-9(6-8)14-20(17,18)10-3-4-12(15)11(7-10)13(16)19-2/h3-4,7-9,14-15H,5-6H2,1-2H3. The number of carbonyl (C=O) groups excluding carboxylic acids is 1. The highest BCUT2D eigenvalue weighted by Gasteiger charge is 2.30. The molecule has 6 nitrogen and oxygen atoms in total. The van der Waals surface area contributed by atoms with E-state index >= 15 is 0 Å². The molecule has 0 atom stereocenters. The summed E-state index contributed by atoms with van der Waals surface area (Å²) in [5, 5.41) is 9.56. The van der Waals surface area contributed by atoms with E-state index in [4.69, 9.17) is 0 Å². The lowest BCUT2D eigenvalue weighted by atomic mass is 9.83. The molecule has 2 N–H and O–H groups in total. The Morgan fingerprint density at radius 3 is 2.60 bits per heavy atom. The smallest absolute Gasteiger partial charge is 0.341 e. The molecule has 0 amide bonds. The van der Waals surface area contributed by atoms with Gasteiger partial charge < -0.3 is 9.84 Å². The van der Waals surface area contributed by atoms with E-state index in [0.717, 1.165) is 26.0 Å². The van der Waals surface area contributed by atoms with Gasteiger partial charge >= 0.3 is 5.97 Å². The van der Waals surface area contributed by atoms with Gasteiger partial charge in [-0.05, 0) is 37.0 Å². The van der Waals surface area contributed by atoms with Crippen molar-refractivity contribution in [1.82, 2.24) is 4.72 Å². The largest absolute Gasteiger partial charge is 0.507 e. The number of ether oxygens (including phenoxy) is 1. The van der Waals surface area contributed by atoms with Crippen LogP contribution in [-0.2, 0) is 14.8 Å². The molecule has 0 aromatic heterocycles. The molecular weight excluding hydrogens is 282 g/mol. The zero-order chi connectivity index (χ0) is 14.9. The van der Waals surface area contributed by atoms with Gasteiger partial charge in [-0.25, -0.2) is 17.9 Å². The van der Waals surface area contributed by atoms with Gasteiger partial charge in [-0.15, -0.1) is 0 Å². The molecule has 0 heterocycles. The van der Waals surface area contributed by atoms with Crippen LogP contribution in [0.3, 0.4) is 0 Å². The molecule has 1 aromatic carbocycles. The van der Waals surface area contributed by atoms with Gasteiger partial charge in [0.2, 0.25) is 10.0 Å². The van der Waals surface area contributed by atoms with Crippen molar-refractivity contribution in [2.24, 2.45) is 5.92 Å². The first-order chi connectivity index (χ1) is 9.33. The summed E-state index contributed by atoms with van der Waals surface area (Å²) in [7, 11) is -2.53. The maximum atomic E-state index is 12.2. The minimum Gasteiger partial charge on any atom is -0.507 e. The monoisotopic (exact) mass is 299 g/mol. The molecule has 0 radical (unpaired) electrons. The van der Waals surface area contributed by atoms with Crippen LogP contribution in [-0.4, -0.2) is 32.6 Å². The van der Waals surface area contributed by atoms with Gasteiger partial charge in [0.1, 0.15) is 11.3 Å². The molecule has 0 saturated heterocycles. The van der Waals surface area contributed by atoms with Crippen molar-refractivity contribution in [3.8, 4) is 5.75 Å². The normalized spacial score (nSPS) is 22.1. The fourth-order valence-corrected chi connectivity index (χ4v) is 3.53. The van der Waals surface area contributed by atoms with Crippen LogP contribution in [0.15, 0.2) is 23.1 Å². The number of hydrogen-bond donors (Lipinski definition) is 2. The first kappa shape index (κ1) is 14.8. The number of aromatic hydroxyl groups is 1. The lowest BCUT2D eigenvalue weighted by molar-refractivity contribution is 0.0597. The van der Waals surface area contributed by atoms with Crippen LogP contribution in [0.25, 0.3) is 0 Å². The third-order valence-corrected chi connectivity index (χ3v) is 4.90. The van der Waals surface area contributed by atoms with Crippen LogP contribution in [0.2, 0.25) is 0 Å². The Hall–Kier alpha value is -1.60. The molecule has 110 valence electrons. The van der Waals surface area contributed by atoms with Crippen LogP contribution >= 0.6 is 0 Å². The average molecular weight is 299 g/mol. The molecule has 7 heteroatoms. The second-order valence-electron chi connectivity index (χ2n) is 5.07. The Kier molecular flexibility index (Phi) is 4.01. The van der Waals surface area contributed by atoms with Crippen molar-refractivity contribution >= 4 is 16.0 Å². The molecule has 0 spiro atoms. The number of methoxy groups -OCH3 is 1. The number of esters is 1. The summed E-state index contributed by atoms with van der Waals surface area (Å²) in [6.07, 6.45) is 1.61. The number of sulfonamides is 1. The topological polar surface area (TPSA) is 92.7 Å². The Bertz CT molecular complexity index is 620. The van der Waals surface area contributed by atoms with Gasteiger partial charge in [-0.3, -0.25) is 0 Å². The molecule has 20 heavy (non-hydrogen) atoms. The number of hydrogen-bond acceptors (Lipinski definition) is 5. The third kappa shape index (κ3) is 2.94. The molecule has 0 unspecified atom stereocenters. The van der Waals surface area contributed by atoms with Crippen LogP contribution in [0, 0.1) is 5.92 Å². The highest BCUT2D eigenvalue weighted by Crippen LogP contribution is 2.28. The Morgan fingerprint density at radius 1 is 1.40 bits per heavy atom. The molecule has 1 aliphatic carbocycles. The highest BCUT2D eigenvalue weighted by atomic mass is 32.2.